The number of rotatable bonds is 4. The molecule has 6 heteroatoms. The van der Waals surface area contributed by atoms with Crippen LogP contribution >= 0.6 is 0 Å². The summed E-state index contributed by atoms with van der Waals surface area (Å²) in [6.07, 6.45) is 0. The van der Waals surface area contributed by atoms with Gasteiger partial charge in [0.1, 0.15) is 23.1 Å². The van der Waals surface area contributed by atoms with Gasteiger partial charge in [-0.05, 0) is 48.5 Å². The normalized spacial score (nSPS) is 13.4. The van der Waals surface area contributed by atoms with Gasteiger partial charge in [-0.2, -0.15) is 0 Å². The Hall–Kier alpha value is -3.80. The van der Waals surface area contributed by atoms with Crippen LogP contribution in [-0.2, 0) is 0 Å². The number of allylic oxidation sites excluding steroid dienone is 2. The van der Waals surface area contributed by atoms with Crippen LogP contribution in [-0.4, -0.2) is 11.6 Å². The molecule has 0 atom stereocenters. The number of benzene rings is 3. The maximum absolute atomic E-state index is 13.2. The summed E-state index contributed by atoms with van der Waals surface area (Å²) in [5, 5.41) is 0. The molecule has 0 N–H and O–H groups in total. The maximum atomic E-state index is 13.2. The number of hydrogen-bond donors (Lipinski definition) is 0. The molecule has 4 nitrogen and oxygen atoms in total. The molecule has 3 aromatic carbocycles. The number of Topliss-reactive ketones (excluding diaryl/α,β-unsaturated/α-hetero) is 2. The lowest BCUT2D eigenvalue weighted by Gasteiger charge is -2.21. The van der Waals surface area contributed by atoms with Crippen molar-refractivity contribution < 1.29 is 27.8 Å². The molecule has 0 fully saturated rings. The van der Waals surface area contributed by atoms with Crippen molar-refractivity contribution in [1.82, 2.24) is 0 Å². The van der Waals surface area contributed by atoms with E-state index in [9.17, 15) is 18.4 Å². The molecule has 3 aromatic rings. The number of fused-ring (bicyclic) bond motifs is 1. The Morgan fingerprint density at radius 1 is 0.536 bits per heavy atom. The van der Waals surface area contributed by atoms with Gasteiger partial charge in [0.25, 0.3) is 0 Å². The average molecular weight is 378 g/mol. The smallest absolute Gasteiger partial charge is 0.233 e. The Balaban J connectivity index is 1.80. The Morgan fingerprint density at radius 3 is 1.25 bits per heavy atom. The highest BCUT2D eigenvalue weighted by Gasteiger charge is 2.36. The summed E-state index contributed by atoms with van der Waals surface area (Å²) in [6.45, 7) is 0. The molecule has 0 aromatic heterocycles. The van der Waals surface area contributed by atoms with Crippen LogP contribution in [0.25, 0.3) is 0 Å². The molecule has 28 heavy (non-hydrogen) atoms. The van der Waals surface area contributed by atoms with E-state index in [1.165, 1.54) is 60.7 Å². The molecule has 1 aliphatic carbocycles. The summed E-state index contributed by atoms with van der Waals surface area (Å²) in [7, 11) is 0. The van der Waals surface area contributed by atoms with Crippen LogP contribution < -0.4 is 9.47 Å². The third kappa shape index (κ3) is 3.27. The molecule has 0 radical (unpaired) electrons. The van der Waals surface area contributed by atoms with Gasteiger partial charge in [-0.1, -0.05) is 24.3 Å². The summed E-state index contributed by atoms with van der Waals surface area (Å²) >= 11 is 0. The predicted octanol–water partition coefficient (Wildman–Crippen LogP) is 4.71. The first-order chi connectivity index (χ1) is 13.5. The minimum atomic E-state index is -0.545. The van der Waals surface area contributed by atoms with Gasteiger partial charge in [-0.25, -0.2) is 8.78 Å². The minimum Gasteiger partial charge on any atom is -0.449 e. The third-order valence-electron chi connectivity index (χ3n) is 4.10. The summed E-state index contributed by atoms with van der Waals surface area (Å²) in [5.41, 5.74) is 0.354. The Labute approximate surface area is 158 Å². The zero-order chi connectivity index (χ0) is 19.7. The summed E-state index contributed by atoms with van der Waals surface area (Å²) in [5.74, 6) is -2.34. The predicted molar refractivity (Wildman–Crippen MR) is 96.2 cm³/mol. The molecule has 0 heterocycles. The van der Waals surface area contributed by atoms with Gasteiger partial charge in [-0.3, -0.25) is 9.59 Å². The molecule has 0 bridgehead atoms. The van der Waals surface area contributed by atoms with Crippen molar-refractivity contribution in [2.24, 2.45) is 0 Å². The molecule has 0 unspecified atom stereocenters. The van der Waals surface area contributed by atoms with E-state index in [1.807, 2.05) is 0 Å². The molecule has 0 aliphatic heterocycles. The van der Waals surface area contributed by atoms with E-state index in [0.717, 1.165) is 0 Å². The topological polar surface area (TPSA) is 52.6 Å². The first-order valence-corrected chi connectivity index (χ1v) is 8.32. The van der Waals surface area contributed by atoms with E-state index < -0.39 is 23.2 Å². The highest BCUT2D eigenvalue weighted by atomic mass is 19.1. The Morgan fingerprint density at radius 2 is 0.893 bits per heavy atom. The van der Waals surface area contributed by atoms with Gasteiger partial charge in [0.15, 0.2) is 0 Å². The molecule has 0 spiro atoms. The summed E-state index contributed by atoms with van der Waals surface area (Å²) in [6, 6.07) is 16.3. The Bertz CT molecular complexity index is 1010. The van der Waals surface area contributed by atoms with Crippen LogP contribution in [0.1, 0.15) is 20.7 Å². The highest BCUT2D eigenvalue weighted by Crippen LogP contribution is 2.30. The second kappa shape index (κ2) is 7.08. The van der Waals surface area contributed by atoms with Gasteiger partial charge in [-0.15, -0.1) is 0 Å². The van der Waals surface area contributed by atoms with E-state index in [1.54, 1.807) is 12.1 Å². The second-order valence-electron chi connectivity index (χ2n) is 5.97. The molecule has 0 amide bonds. The lowest BCUT2D eigenvalue weighted by Crippen LogP contribution is -2.27. The van der Waals surface area contributed by atoms with Crippen molar-refractivity contribution in [2.75, 3.05) is 0 Å². The quantitative estimate of drug-likeness (QED) is 0.660. The largest absolute Gasteiger partial charge is 0.449 e. The Kier molecular flexibility index (Phi) is 4.45. The van der Waals surface area contributed by atoms with Crippen molar-refractivity contribution in [1.29, 1.82) is 0 Å². The van der Waals surface area contributed by atoms with Crippen LogP contribution in [0.3, 0.4) is 0 Å². The van der Waals surface area contributed by atoms with Crippen molar-refractivity contribution in [3.63, 3.8) is 0 Å². The van der Waals surface area contributed by atoms with E-state index in [-0.39, 0.29) is 34.1 Å². The fraction of sp³-hybridized carbons (Fsp3) is 0. The van der Waals surface area contributed by atoms with Crippen molar-refractivity contribution in [3.8, 4) is 11.5 Å². The maximum Gasteiger partial charge on any atom is 0.233 e. The lowest BCUT2D eigenvalue weighted by molar-refractivity contribution is 0.0897. The number of hydrogen-bond acceptors (Lipinski definition) is 4. The third-order valence-corrected chi connectivity index (χ3v) is 4.10. The molecular weight excluding hydrogens is 366 g/mol. The van der Waals surface area contributed by atoms with E-state index in [2.05, 4.69) is 0 Å². The van der Waals surface area contributed by atoms with E-state index in [4.69, 9.17) is 9.47 Å². The number of ether oxygens (including phenoxy) is 2. The zero-order valence-corrected chi connectivity index (χ0v) is 14.3. The second-order valence-corrected chi connectivity index (χ2v) is 5.97. The highest BCUT2D eigenvalue weighted by molar-refractivity contribution is 6.25. The fourth-order valence-electron chi connectivity index (χ4n) is 2.76. The molecule has 0 saturated carbocycles. The lowest BCUT2D eigenvalue weighted by atomic mass is 9.92. The van der Waals surface area contributed by atoms with Crippen molar-refractivity contribution in [2.45, 2.75) is 0 Å². The molecule has 0 saturated heterocycles. The first kappa shape index (κ1) is 17.6. The van der Waals surface area contributed by atoms with Crippen molar-refractivity contribution >= 4 is 11.6 Å². The summed E-state index contributed by atoms with van der Waals surface area (Å²) < 4.78 is 37.5. The van der Waals surface area contributed by atoms with Crippen LogP contribution in [0, 0.1) is 11.6 Å². The standard InChI is InChI=1S/C22H12F2O4/c23-13-5-9-15(10-6-13)27-21-19(25)17-3-1-2-4-18(17)20(26)22(21)28-16-11-7-14(24)8-12-16/h1-12H. The van der Waals surface area contributed by atoms with E-state index >= 15 is 0 Å². The van der Waals surface area contributed by atoms with Gasteiger partial charge in [0.05, 0.1) is 0 Å². The summed E-state index contributed by atoms with van der Waals surface area (Å²) in [4.78, 5) is 25.9. The van der Waals surface area contributed by atoms with Gasteiger partial charge in [0.2, 0.25) is 23.1 Å². The van der Waals surface area contributed by atoms with Crippen LogP contribution in [0.2, 0.25) is 0 Å². The number of carbonyl (C=O) groups is 2. The fourth-order valence-corrected chi connectivity index (χ4v) is 2.76. The molecule has 138 valence electrons. The number of ketones is 2. The first-order valence-electron chi connectivity index (χ1n) is 8.32. The minimum absolute atomic E-state index is 0.164. The van der Waals surface area contributed by atoms with Gasteiger partial charge in [0, 0.05) is 11.1 Å². The van der Waals surface area contributed by atoms with E-state index in [0.29, 0.717) is 0 Å². The number of halogens is 2. The molecular formula is C22H12F2O4. The monoisotopic (exact) mass is 378 g/mol. The zero-order valence-electron chi connectivity index (χ0n) is 14.3. The molecule has 1 aliphatic rings. The molecule has 4 rings (SSSR count). The average Bonchev–Trinajstić information content (AvgIpc) is 2.71. The van der Waals surface area contributed by atoms with Crippen LogP contribution in [0.15, 0.2) is 84.3 Å². The van der Waals surface area contributed by atoms with Crippen molar-refractivity contribution in [3.05, 3.63) is 107 Å². The van der Waals surface area contributed by atoms with Gasteiger partial charge < -0.3 is 9.47 Å². The van der Waals surface area contributed by atoms with Gasteiger partial charge >= 0.3 is 0 Å². The number of carbonyl (C=O) groups excluding carboxylic acids is 2. The SMILES string of the molecule is O=C1C(Oc2ccc(F)cc2)=C(Oc2ccc(F)cc2)C(=O)c2ccccc21. The van der Waals surface area contributed by atoms with Crippen LogP contribution in [0.5, 0.6) is 11.5 Å². The van der Waals surface area contributed by atoms with Crippen LogP contribution in [0.4, 0.5) is 8.78 Å².